The van der Waals surface area contributed by atoms with Crippen LogP contribution in [0.2, 0.25) is 0 Å². The number of aliphatic hydroxyl groups excluding tert-OH is 1. The van der Waals surface area contributed by atoms with Gasteiger partial charge < -0.3 is 15.7 Å². The fourth-order valence-electron chi connectivity index (χ4n) is 2.26. The Kier molecular flexibility index (Phi) is 15.9. The van der Waals surface area contributed by atoms with Gasteiger partial charge in [0, 0.05) is 24.3 Å². The summed E-state index contributed by atoms with van der Waals surface area (Å²) in [6.07, 6.45) is 4.63. The van der Waals surface area contributed by atoms with Crippen LogP contribution in [0.5, 0.6) is 0 Å². The topological polar surface area (TPSA) is 147 Å². The molecule has 0 saturated carbocycles. The normalized spacial score (nSPS) is 9.52. The molecule has 10 nitrogen and oxygen atoms in total. The molecular formula is C18H28MnN6O4S2. The molecule has 0 aliphatic carbocycles. The average Bonchev–Trinajstić information content (AvgIpc) is 2.74. The molecule has 0 atom stereocenters. The number of thioether (sulfide) groups is 2. The minimum absolute atomic E-state index is 0.0250. The van der Waals surface area contributed by atoms with E-state index in [4.69, 9.17) is 12.8 Å². The number of rotatable bonds is 8. The van der Waals surface area contributed by atoms with Gasteiger partial charge in [-0.15, -0.1) is 0 Å². The van der Waals surface area contributed by atoms with Gasteiger partial charge >= 0.3 is 22.5 Å². The monoisotopic (exact) mass is 511 g/mol. The van der Waals surface area contributed by atoms with Gasteiger partial charge in [0.1, 0.15) is 11.6 Å². The van der Waals surface area contributed by atoms with Crippen LogP contribution < -0.4 is 10.6 Å². The number of carbonyl (C=O) groups excluding carboxylic acids is 1. The fourth-order valence-corrected chi connectivity index (χ4v) is 3.08. The van der Waals surface area contributed by atoms with Crippen molar-refractivity contribution in [2.75, 3.05) is 36.2 Å². The van der Waals surface area contributed by atoms with Gasteiger partial charge in [-0.25, -0.2) is 19.9 Å². The van der Waals surface area contributed by atoms with E-state index in [2.05, 4.69) is 30.6 Å². The summed E-state index contributed by atoms with van der Waals surface area (Å²) in [5.74, 6) is 1.37. The van der Waals surface area contributed by atoms with Crippen LogP contribution >= 0.6 is 23.5 Å². The van der Waals surface area contributed by atoms with Crippen LogP contribution in [0, 0.1) is 13.8 Å². The van der Waals surface area contributed by atoms with Crippen molar-refractivity contribution in [3.63, 3.8) is 0 Å². The number of nitrogens with zero attached hydrogens (tertiary/aromatic N) is 4. The van der Waals surface area contributed by atoms with Gasteiger partial charge in [0.15, 0.2) is 16.6 Å². The first-order valence-electron chi connectivity index (χ1n) is 9.14. The van der Waals surface area contributed by atoms with Gasteiger partial charge in [-0.1, -0.05) is 23.5 Å². The van der Waals surface area contributed by atoms with E-state index in [-0.39, 0.29) is 6.61 Å². The van der Waals surface area contributed by atoms with Crippen LogP contribution in [0.25, 0.3) is 0 Å². The van der Waals surface area contributed by atoms with E-state index >= 15 is 0 Å². The average molecular weight is 512 g/mol. The summed E-state index contributed by atoms with van der Waals surface area (Å²) in [7, 11) is 0. The molecule has 0 fully saturated rings. The SMILES string of the molecule is CCNc1nc(SC)nc(C)c1C=O.CCNc1nc(SC)nc(C)c1CO.[O]=[Mn]=[O]. The molecule has 2 heterocycles. The number of aryl methyl sites for hydroxylation is 2. The van der Waals surface area contributed by atoms with Gasteiger partial charge in [-0.2, -0.15) is 0 Å². The molecule has 0 amide bonds. The third kappa shape index (κ3) is 9.91. The molecule has 0 bridgehead atoms. The summed E-state index contributed by atoms with van der Waals surface area (Å²) in [5.41, 5.74) is 2.88. The molecule has 3 N–H and O–H groups in total. The maximum absolute atomic E-state index is 10.8. The summed E-state index contributed by atoms with van der Waals surface area (Å²) in [4.78, 5) is 27.8. The second kappa shape index (κ2) is 16.8. The molecule has 13 heteroatoms. The van der Waals surface area contributed by atoms with E-state index in [1.807, 2.05) is 40.2 Å². The molecule has 0 aliphatic rings. The molecule has 0 saturated heterocycles. The summed E-state index contributed by atoms with van der Waals surface area (Å²) in [5, 5.41) is 16.7. The Hall–Kier alpha value is -1.79. The van der Waals surface area contributed by atoms with Crippen LogP contribution in [-0.2, 0) is 29.1 Å². The Balaban J connectivity index is 0.000000516. The molecule has 0 spiro atoms. The number of hydrogen-bond donors (Lipinski definition) is 3. The van der Waals surface area contributed by atoms with Gasteiger partial charge in [0.2, 0.25) is 0 Å². The van der Waals surface area contributed by atoms with Crippen molar-refractivity contribution in [1.82, 2.24) is 19.9 Å². The molecule has 0 aliphatic heterocycles. The van der Waals surface area contributed by atoms with Crippen molar-refractivity contribution in [2.24, 2.45) is 0 Å². The molecule has 0 radical (unpaired) electrons. The van der Waals surface area contributed by atoms with Gasteiger partial charge in [0.25, 0.3) is 0 Å². The zero-order valence-corrected chi connectivity index (χ0v) is 21.2. The fraction of sp³-hybridized carbons (Fsp3) is 0.500. The summed E-state index contributed by atoms with van der Waals surface area (Å²) < 4.78 is 16.8. The number of aldehydes is 1. The van der Waals surface area contributed by atoms with E-state index in [9.17, 15) is 4.79 Å². The van der Waals surface area contributed by atoms with Crippen LogP contribution in [0.1, 0.15) is 41.2 Å². The van der Waals surface area contributed by atoms with Crippen LogP contribution in [0.3, 0.4) is 0 Å². The van der Waals surface area contributed by atoms with Crippen molar-refractivity contribution >= 4 is 41.4 Å². The van der Waals surface area contributed by atoms with Crippen molar-refractivity contribution in [3.8, 4) is 0 Å². The van der Waals surface area contributed by atoms with Gasteiger partial charge in [-0.3, -0.25) is 4.79 Å². The first-order chi connectivity index (χ1) is 14.9. The Labute approximate surface area is 196 Å². The van der Waals surface area contributed by atoms with Gasteiger partial charge in [-0.05, 0) is 40.2 Å². The molecule has 0 aromatic carbocycles. The first-order valence-corrected chi connectivity index (χ1v) is 12.6. The Morgan fingerprint density at radius 3 is 1.77 bits per heavy atom. The van der Waals surface area contributed by atoms with E-state index in [1.165, 1.54) is 23.5 Å². The number of hydrogen-bond acceptors (Lipinski definition) is 12. The Morgan fingerprint density at radius 1 is 0.903 bits per heavy atom. The van der Waals surface area contributed by atoms with E-state index in [1.54, 1.807) is 0 Å². The quantitative estimate of drug-likeness (QED) is 0.207. The second-order valence-corrected chi connectivity index (χ2v) is 7.32. The molecular weight excluding hydrogens is 483 g/mol. The van der Waals surface area contributed by atoms with Crippen molar-refractivity contribution in [3.05, 3.63) is 22.5 Å². The maximum atomic E-state index is 10.8. The Bertz CT molecular complexity index is 883. The summed E-state index contributed by atoms with van der Waals surface area (Å²) in [6.45, 7) is 9.16. The number of aromatic nitrogens is 4. The summed E-state index contributed by atoms with van der Waals surface area (Å²) >= 11 is 1.52. The van der Waals surface area contributed by atoms with Crippen molar-refractivity contribution in [2.45, 2.75) is 44.6 Å². The number of nitrogens with one attached hydrogen (secondary N) is 2. The zero-order chi connectivity index (χ0) is 23.8. The number of carbonyl (C=O) groups is 1. The number of aliphatic hydroxyl groups is 1. The second-order valence-electron chi connectivity index (χ2n) is 5.58. The van der Waals surface area contributed by atoms with Gasteiger partial charge in [0.05, 0.1) is 17.9 Å². The predicted molar refractivity (Wildman–Crippen MR) is 118 cm³/mol. The van der Waals surface area contributed by atoms with Crippen LogP contribution in [0.4, 0.5) is 11.6 Å². The summed E-state index contributed by atoms with van der Waals surface area (Å²) in [6, 6.07) is 0. The molecule has 2 aromatic heterocycles. The zero-order valence-electron chi connectivity index (χ0n) is 18.4. The van der Waals surface area contributed by atoms with Crippen LogP contribution in [0.15, 0.2) is 10.3 Å². The molecule has 31 heavy (non-hydrogen) atoms. The third-order valence-corrected chi connectivity index (χ3v) is 4.73. The Morgan fingerprint density at radius 2 is 1.35 bits per heavy atom. The minimum atomic E-state index is -1.44. The molecule has 173 valence electrons. The molecule has 2 rings (SSSR count). The van der Waals surface area contributed by atoms with Crippen molar-refractivity contribution in [1.29, 1.82) is 0 Å². The third-order valence-electron chi connectivity index (χ3n) is 3.64. The molecule has 2 aromatic rings. The van der Waals surface area contributed by atoms with E-state index in [0.29, 0.717) is 16.5 Å². The van der Waals surface area contributed by atoms with E-state index < -0.39 is 14.8 Å². The van der Waals surface area contributed by atoms with Crippen LogP contribution in [-0.4, -0.2) is 56.9 Å². The number of anilines is 2. The standard InChI is InChI=1S/C9H15N3OS.C9H13N3OS.Mn.2O/c2*1-4-10-8-7(5-13)6(2)11-9(12-8)14-3;;;/h13H,4-5H2,1-3H3,(H,10,11,12);5H,4H2,1-3H3,(H,10,11,12);;;. The van der Waals surface area contributed by atoms with E-state index in [0.717, 1.165) is 47.3 Å². The van der Waals surface area contributed by atoms with Crippen molar-refractivity contribution < 1.29 is 32.4 Å². The molecule has 0 unspecified atom stereocenters. The predicted octanol–water partition coefficient (Wildman–Crippen LogP) is 2.94. The first kappa shape index (κ1) is 29.2.